The molecule has 1 aliphatic heterocycles. The molecule has 1 radical (unpaired) electrons. The van der Waals surface area contributed by atoms with Crippen molar-refractivity contribution in [3.8, 4) is 0 Å². The van der Waals surface area contributed by atoms with Gasteiger partial charge in [0.1, 0.15) is 6.04 Å². The van der Waals surface area contributed by atoms with Crippen molar-refractivity contribution in [2.24, 2.45) is 5.73 Å². The predicted octanol–water partition coefficient (Wildman–Crippen LogP) is 0.924. The Morgan fingerprint density at radius 3 is 2.90 bits per heavy atom. The van der Waals surface area contributed by atoms with Crippen LogP contribution in [0.25, 0.3) is 0 Å². The molecule has 1 aromatic carbocycles. The van der Waals surface area contributed by atoms with Crippen molar-refractivity contribution in [2.75, 3.05) is 6.54 Å². The molecule has 113 valence electrons. The normalized spacial score (nSPS) is 22.1. The number of benzene rings is 1. The van der Waals surface area contributed by atoms with Crippen molar-refractivity contribution < 1.29 is 14.7 Å². The lowest BCUT2D eigenvalue weighted by Crippen LogP contribution is -2.53. The molecule has 0 aromatic heterocycles. The van der Waals surface area contributed by atoms with Crippen molar-refractivity contribution in [3.05, 3.63) is 41.3 Å². The van der Waals surface area contributed by atoms with Gasteiger partial charge in [0, 0.05) is 18.0 Å². The smallest absolute Gasteiger partial charge is 0.240 e. The molecule has 5 nitrogen and oxygen atoms in total. The van der Waals surface area contributed by atoms with E-state index < -0.39 is 18.1 Å². The van der Waals surface area contributed by atoms with E-state index in [0.717, 1.165) is 5.56 Å². The van der Waals surface area contributed by atoms with Gasteiger partial charge in [-0.1, -0.05) is 23.7 Å². The minimum absolute atomic E-state index is 0.200. The Labute approximate surface area is 128 Å². The minimum Gasteiger partial charge on any atom is -0.393 e. The zero-order valence-electron chi connectivity index (χ0n) is 11.5. The van der Waals surface area contributed by atoms with Crippen LogP contribution >= 0.6 is 11.6 Å². The highest BCUT2D eigenvalue weighted by atomic mass is 35.5. The maximum Gasteiger partial charge on any atom is 0.240 e. The number of piperidine rings is 1. The van der Waals surface area contributed by atoms with Gasteiger partial charge >= 0.3 is 0 Å². The molecule has 0 bridgehead atoms. The summed E-state index contributed by atoms with van der Waals surface area (Å²) >= 11 is 5.89. The van der Waals surface area contributed by atoms with Crippen LogP contribution in [-0.2, 0) is 16.0 Å². The van der Waals surface area contributed by atoms with Crippen LogP contribution in [0.3, 0.4) is 0 Å². The van der Waals surface area contributed by atoms with E-state index in [4.69, 9.17) is 17.3 Å². The Hall–Kier alpha value is -1.59. The van der Waals surface area contributed by atoms with Gasteiger partial charge in [-0.05, 0) is 30.5 Å². The molecule has 1 aliphatic rings. The highest BCUT2D eigenvalue weighted by Gasteiger charge is 2.34. The number of likely N-dealkylation sites (tertiary alicyclic amines) is 1. The third-order valence-electron chi connectivity index (χ3n) is 3.59. The lowest BCUT2D eigenvalue weighted by atomic mass is 9.98. The number of aliphatic hydroxyl groups is 1. The molecule has 21 heavy (non-hydrogen) atoms. The van der Waals surface area contributed by atoms with Gasteiger partial charge in [0.25, 0.3) is 0 Å². The van der Waals surface area contributed by atoms with E-state index in [9.17, 15) is 14.7 Å². The fraction of sp³-hybridized carbons (Fsp3) is 0.400. The summed E-state index contributed by atoms with van der Waals surface area (Å²) in [6.45, 7) is 0.333. The second kappa shape index (κ2) is 6.91. The number of hydrogen-bond donors (Lipinski definition) is 2. The van der Waals surface area contributed by atoms with Crippen LogP contribution in [-0.4, -0.2) is 40.5 Å². The average molecular weight is 310 g/mol. The number of primary amides is 1. The Morgan fingerprint density at radius 1 is 1.48 bits per heavy atom. The lowest BCUT2D eigenvalue weighted by molar-refractivity contribution is -0.140. The van der Waals surface area contributed by atoms with Crippen molar-refractivity contribution >= 4 is 23.4 Å². The van der Waals surface area contributed by atoms with Gasteiger partial charge in [0.05, 0.1) is 12.5 Å². The predicted molar refractivity (Wildman–Crippen MR) is 79.4 cm³/mol. The lowest BCUT2D eigenvalue weighted by Gasteiger charge is -2.36. The van der Waals surface area contributed by atoms with Gasteiger partial charge in [0.15, 0.2) is 0 Å². The molecule has 3 N–H and O–H groups in total. The number of nitrogens with zero attached hydrogens (tertiary/aromatic N) is 1. The van der Waals surface area contributed by atoms with E-state index in [0.29, 0.717) is 24.4 Å². The highest BCUT2D eigenvalue weighted by molar-refractivity contribution is 6.30. The molecule has 2 unspecified atom stereocenters. The summed E-state index contributed by atoms with van der Waals surface area (Å²) in [7, 11) is 0. The first-order valence-electron chi connectivity index (χ1n) is 6.83. The van der Waals surface area contributed by atoms with E-state index in [2.05, 4.69) is 0 Å². The van der Waals surface area contributed by atoms with Crippen LogP contribution in [0.4, 0.5) is 0 Å². The quantitative estimate of drug-likeness (QED) is 0.867. The highest BCUT2D eigenvalue weighted by Crippen LogP contribution is 2.19. The molecule has 1 saturated heterocycles. The topological polar surface area (TPSA) is 83.6 Å². The van der Waals surface area contributed by atoms with Gasteiger partial charge in [-0.15, -0.1) is 0 Å². The van der Waals surface area contributed by atoms with Crippen molar-refractivity contribution in [1.82, 2.24) is 4.90 Å². The van der Waals surface area contributed by atoms with Crippen LogP contribution in [0.1, 0.15) is 18.4 Å². The van der Waals surface area contributed by atoms with Crippen LogP contribution < -0.4 is 5.73 Å². The monoisotopic (exact) mass is 309 g/mol. The summed E-state index contributed by atoms with van der Waals surface area (Å²) in [6, 6.07) is 6.51. The maximum atomic E-state index is 12.2. The van der Waals surface area contributed by atoms with Crippen LogP contribution in [0.5, 0.6) is 0 Å². The third kappa shape index (κ3) is 4.19. The molecule has 1 fully saturated rings. The van der Waals surface area contributed by atoms with E-state index in [1.807, 2.05) is 12.1 Å². The standard InChI is InChI=1S/C15H18ClN2O3/c16-11-3-1-2-10(8-11)4-5-14(20)18-7-6-12(19)9-13(18)15(17)21/h1-3,5,8,12-13,19H,4,6-7,9H2,(H2,17,21). The number of carbonyl (C=O) groups is 2. The molecule has 0 spiro atoms. The average Bonchev–Trinajstić information content (AvgIpc) is 2.44. The number of amides is 2. The number of halogens is 1. The maximum absolute atomic E-state index is 12.2. The number of carbonyl (C=O) groups excluding carboxylic acids is 2. The van der Waals surface area contributed by atoms with Gasteiger partial charge in [0.2, 0.25) is 11.8 Å². The minimum atomic E-state index is -0.739. The zero-order chi connectivity index (χ0) is 15.4. The Bertz CT molecular complexity index is 535. The molecule has 1 aromatic rings. The fourth-order valence-corrected chi connectivity index (χ4v) is 2.68. The first-order valence-corrected chi connectivity index (χ1v) is 7.21. The SMILES string of the molecule is NC(=O)C1CC(O)CCN1C(=O)[CH]Cc1cccc(Cl)c1. The van der Waals surface area contributed by atoms with E-state index in [1.165, 1.54) is 11.3 Å². The molecule has 2 atom stereocenters. The second-order valence-corrected chi connectivity index (χ2v) is 5.60. The molecular formula is C15H18ClN2O3. The third-order valence-corrected chi connectivity index (χ3v) is 3.82. The summed E-state index contributed by atoms with van der Waals surface area (Å²) in [6.07, 6.45) is 2.02. The molecule has 6 heteroatoms. The van der Waals surface area contributed by atoms with E-state index >= 15 is 0 Å². The zero-order valence-corrected chi connectivity index (χ0v) is 12.3. The molecular weight excluding hydrogens is 292 g/mol. The molecule has 0 aliphatic carbocycles. The van der Waals surface area contributed by atoms with Crippen molar-refractivity contribution in [2.45, 2.75) is 31.4 Å². The number of aliphatic hydroxyl groups excluding tert-OH is 1. The number of hydrogen-bond acceptors (Lipinski definition) is 3. The van der Waals surface area contributed by atoms with E-state index in [1.54, 1.807) is 12.1 Å². The Morgan fingerprint density at radius 2 is 2.24 bits per heavy atom. The van der Waals surface area contributed by atoms with Gasteiger partial charge in [-0.2, -0.15) is 0 Å². The molecule has 0 saturated carbocycles. The summed E-state index contributed by atoms with van der Waals surface area (Å²) in [5.74, 6) is -0.830. The largest absolute Gasteiger partial charge is 0.393 e. The summed E-state index contributed by atoms with van der Waals surface area (Å²) in [4.78, 5) is 25.1. The van der Waals surface area contributed by atoms with Crippen LogP contribution in [0, 0.1) is 6.42 Å². The molecule has 2 amide bonds. The summed E-state index contributed by atoms with van der Waals surface area (Å²) in [5, 5.41) is 10.2. The summed E-state index contributed by atoms with van der Waals surface area (Å²) in [5.41, 5.74) is 6.23. The number of nitrogens with two attached hydrogens (primary N) is 1. The van der Waals surface area contributed by atoms with Gasteiger partial charge in [-0.25, -0.2) is 0 Å². The first kappa shape index (κ1) is 15.8. The van der Waals surface area contributed by atoms with Crippen molar-refractivity contribution in [1.29, 1.82) is 0 Å². The molecule has 2 rings (SSSR count). The van der Waals surface area contributed by atoms with E-state index in [-0.39, 0.29) is 12.3 Å². The van der Waals surface area contributed by atoms with Gasteiger partial charge < -0.3 is 15.7 Å². The fourth-order valence-electron chi connectivity index (χ4n) is 2.47. The van der Waals surface area contributed by atoms with Gasteiger partial charge in [-0.3, -0.25) is 9.59 Å². The molecule has 1 heterocycles. The number of rotatable bonds is 4. The van der Waals surface area contributed by atoms with Crippen LogP contribution in [0.2, 0.25) is 5.02 Å². The Kier molecular flexibility index (Phi) is 5.20. The Balaban J connectivity index is 1.97. The van der Waals surface area contributed by atoms with Crippen LogP contribution in [0.15, 0.2) is 24.3 Å². The summed E-state index contributed by atoms with van der Waals surface area (Å²) < 4.78 is 0. The van der Waals surface area contributed by atoms with Crippen molar-refractivity contribution in [3.63, 3.8) is 0 Å². The second-order valence-electron chi connectivity index (χ2n) is 5.17. The first-order chi connectivity index (χ1) is 9.97.